The minimum Gasteiger partial charge on any atom is -0.335 e. The summed E-state index contributed by atoms with van der Waals surface area (Å²) < 4.78 is 1.38. The molecule has 0 aliphatic rings. The van der Waals surface area contributed by atoms with Crippen molar-refractivity contribution < 1.29 is 4.79 Å². The van der Waals surface area contributed by atoms with E-state index >= 15 is 0 Å². The average Bonchev–Trinajstić information content (AvgIpc) is 3.34. The van der Waals surface area contributed by atoms with Gasteiger partial charge in [-0.25, -0.2) is 9.66 Å². The summed E-state index contributed by atoms with van der Waals surface area (Å²) in [6, 6.07) is 16.9. The van der Waals surface area contributed by atoms with E-state index in [1.165, 1.54) is 27.8 Å². The number of rotatable bonds is 6. The Balaban J connectivity index is 1.36. The topological polar surface area (TPSA) is 98.7 Å². The lowest BCUT2D eigenvalue weighted by atomic mass is 10.2. The fourth-order valence-corrected chi connectivity index (χ4v) is 4.05. The number of anilines is 1. The molecule has 1 amide bonds. The van der Waals surface area contributed by atoms with Crippen LogP contribution in [0.1, 0.15) is 0 Å². The van der Waals surface area contributed by atoms with Crippen molar-refractivity contribution in [1.29, 1.82) is 0 Å². The zero-order valence-corrected chi connectivity index (χ0v) is 17.3. The molecule has 2 aromatic heterocycles. The molecule has 2 heterocycles. The maximum absolute atomic E-state index is 12.3. The number of nitrogens with two attached hydrogens (primary N) is 1. The van der Waals surface area contributed by atoms with E-state index in [2.05, 4.69) is 20.5 Å². The molecule has 0 radical (unpaired) electrons. The number of hydrogen-bond donors (Lipinski definition) is 2. The van der Waals surface area contributed by atoms with Crippen LogP contribution < -0.4 is 11.2 Å². The number of thiazole rings is 1. The fraction of sp³-hybridized carbons (Fsp3) is 0.0526. The summed E-state index contributed by atoms with van der Waals surface area (Å²) in [6.07, 6.45) is 0. The number of thioether (sulfide) groups is 1. The van der Waals surface area contributed by atoms with Gasteiger partial charge in [0, 0.05) is 21.5 Å². The van der Waals surface area contributed by atoms with Crippen molar-refractivity contribution in [2.75, 3.05) is 16.9 Å². The van der Waals surface area contributed by atoms with Crippen LogP contribution in [0.25, 0.3) is 22.6 Å². The highest BCUT2D eigenvalue weighted by atomic mass is 35.5. The third-order valence-electron chi connectivity index (χ3n) is 3.92. The van der Waals surface area contributed by atoms with Gasteiger partial charge in [-0.15, -0.1) is 21.5 Å². The average molecular weight is 443 g/mol. The highest BCUT2D eigenvalue weighted by molar-refractivity contribution is 7.99. The van der Waals surface area contributed by atoms with Gasteiger partial charge in [0.05, 0.1) is 11.4 Å². The van der Waals surface area contributed by atoms with E-state index in [4.69, 9.17) is 17.4 Å². The number of carbonyl (C=O) groups is 1. The van der Waals surface area contributed by atoms with Crippen LogP contribution in [0.15, 0.2) is 65.1 Å². The number of hydrogen-bond acceptors (Lipinski definition) is 7. The van der Waals surface area contributed by atoms with Gasteiger partial charge in [-0.2, -0.15) is 0 Å². The monoisotopic (exact) mass is 442 g/mol. The van der Waals surface area contributed by atoms with Crippen LogP contribution in [0.4, 0.5) is 5.13 Å². The Morgan fingerprint density at radius 1 is 1.10 bits per heavy atom. The number of halogens is 1. The van der Waals surface area contributed by atoms with Crippen LogP contribution in [0.5, 0.6) is 0 Å². The molecule has 10 heteroatoms. The largest absolute Gasteiger partial charge is 0.335 e. The lowest BCUT2D eigenvalue weighted by molar-refractivity contribution is -0.113. The fourth-order valence-electron chi connectivity index (χ4n) is 2.53. The second-order valence-electron chi connectivity index (χ2n) is 5.92. The summed E-state index contributed by atoms with van der Waals surface area (Å²) in [5.74, 6) is 6.56. The van der Waals surface area contributed by atoms with Gasteiger partial charge < -0.3 is 11.2 Å². The van der Waals surface area contributed by atoms with E-state index in [-0.39, 0.29) is 11.7 Å². The Kier molecular flexibility index (Phi) is 5.79. The van der Waals surface area contributed by atoms with Gasteiger partial charge in [-0.1, -0.05) is 65.8 Å². The Morgan fingerprint density at radius 3 is 2.62 bits per heavy atom. The van der Waals surface area contributed by atoms with Crippen molar-refractivity contribution >= 4 is 45.7 Å². The molecule has 0 atom stereocenters. The number of nitrogens with zero attached hydrogens (tertiary/aromatic N) is 4. The van der Waals surface area contributed by atoms with E-state index < -0.39 is 0 Å². The third kappa shape index (κ3) is 4.58. The summed E-state index contributed by atoms with van der Waals surface area (Å²) >= 11 is 8.48. The molecular weight excluding hydrogens is 428 g/mol. The molecule has 0 aliphatic carbocycles. The molecule has 4 rings (SSSR count). The standard InChI is InChI=1S/C19H15ClN6OS2/c20-14-8-6-12(7-9-14)15-10-28-18(22-15)23-16(27)11-29-19-25-24-17(26(19)21)13-4-2-1-3-5-13/h1-10H,11,21H2,(H,22,23,27). The van der Waals surface area contributed by atoms with E-state index in [0.717, 1.165) is 16.8 Å². The summed E-state index contributed by atoms with van der Waals surface area (Å²) in [7, 11) is 0. The van der Waals surface area contributed by atoms with Crippen molar-refractivity contribution in [2.24, 2.45) is 0 Å². The van der Waals surface area contributed by atoms with Gasteiger partial charge in [0.25, 0.3) is 0 Å². The molecule has 4 aromatic rings. The summed E-state index contributed by atoms with van der Waals surface area (Å²) in [5, 5.41) is 14.5. The third-order valence-corrected chi connectivity index (χ3v) is 5.87. The Hall–Kier alpha value is -2.88. The maximum Gasteiger partial charge on any atom is 0.236 e. The zero-order chi connectivity index (χ0) is 20.2. The van der Waals surface area contributed by atoms with Gasteiger partial charge in [-0.3, -0.25) is 4.79 Å². The number of nitrogens with one attached hydrogen (secondary N) is 1. The highest BCUT2D eigenvalue weighted by Crippen LogP contribution is 2.26. The van der Waals surface area contributed by atoms with E-state index in [1.54, 1.807) is 12.1 Å². The first-order valence-corrected chi connectivity index (χ1v) is 10.7. The SMILES string of the molecule is Nn1c(SCC(=O)Nc2nc(-c3ccc(Cl)cc3)cs2)nnc1-c1ccccc1. The maximum atomic E-state index is 12.3. The van der Waals surface area contributed by atoms with Gasteiger partial charge in [-0.05, 0) is 12.1 Å². The van der Waals surface area contributed by atoms with E-state index in [0.29, 0.717) is 21.1 Å². The molecular formula is C19H15ClN6OS2. The van der Waals surface area contributed by atoms with E-state index in [9.17, 15) is 4.79 Å². The molecule has 0 unspecified atom stereocenters. The minimum atomic E-state index is -0.198. The number of amides is 1. The minimum absolute atomic E-state index is 0.139. The zero-order valence-electron chi connectivity index (χ0n) is 14.9. The van der Waals surface area contributed by atoms with Crippen LogP contribution in [-0.4, -0.2) is 31.5 Å². The first kappa shape index (κ1) is 19.4. The Morgan fingerprint density at radius 2 is 1.86 bits per heavy atom. The smallest absolute Gasteiger partial charge is 0.236 e. The lowest BCUT2D eigenvalue weighted by Crippen LogP contribution is -2.16. The predicted octanol–water partition coefficient (Wildman–Crippen LogP) is 4.17. The second-order valence-corrected chi connectivity index (χ2v) is 8.16. The van der Waals surface area contributed by atoms with Gasteiger partial charge in [0.1, 0.15) is 0 Å². The van der Waals surface area contributed by atoms with Crippen molar-refractivity contribution in [1.82, 2.24) is 19.9 Å². The lowest BCUT2D eigenvalue weighted by Gasteiger charge is -2.04. The van der Waals surface area contributed by atoms with Crippen LogP contribution in [0.3, 0.4) is 0 Å². The van der Waals surface area contributed by atoms with Crippen LogP contribution in [0, 0.1) is 0 Å². The molecule has 7 nitrogen and oxygen atoms in total. The number of benzene rings is 2. The van der Waals surface area contributed by atoms with E-state index in [1.807, 2.05) is 47.8 Å². The Labute approximate surface area is 179 Å². The molecule has 2 aromatic carbocycles. The molecule has 29 heavy (non-hydrogen) atoms. The quantitative estimate of drug-likeness (QED) is 0.343. The first-order chi connectivity index (χ1) is 14.1. The molecule has 0 fully saturated rings. The van der Waals surface area contributed by atoms with Crippen molar-refractivity contribution in [3.63, 3.8) is 0 Å². The summed E-state index contributed by atoms with van der Waals surface area (Å²) in [6.45, 7) is 0. The molecule has 3 N–H and O–H groups in total. The molecule has 0 spiro atoms. The summed E-state index contributed by atoms with van der Waals surface area (Å²) in [4.78, 5) is 16.7. The number of aromatic nitrogens is 4. The molecule has 0 aliphatic heterocycles. The number of nitrogen functional groups attached to an aromatic ring is 1. The summed E-state index contributed by atoms with van der Waals surface area (Å²) in [5.41, 5.74) is 2.57. The van der Waals surface area contributed by atoms with Gasteiger partial charge in [0.2, 0.25) is 11.1 Å². The predicted molar refractivity (Wildman–Crippen MR) is 118 cm³/mol. The van der Waals surface area contributed by atoms with Gasteiger partial charge >= 0.3 is 0 Å². The molecule has 0 saturated carbocycles. The van der Waals surface area contributed by atoms with Crippen LogP contribution in [0.2, 0.25) is 5.02 Å². The van der Waals surface area contributed by atoms with Gasteiger partial charge in [0.15, 0.2) is 11.0 Å². The second kappa shape index (κ2) is 8.64. The first-order valence-electron chi connectivity index (χ1n) is 8.50. The molecule has 0 bridgehead atoms. The van der Waals surface area contributed by atoms with Crippen molar-refractivity contribution in [2.45, 2.75) is 5.16 Å². The highest BCUT2D eigenvalue weighted by Gasteiger charge is 2.14. The molecule has 146 valence electrons. The molecule has 0 saturated heterocycles. The number of carbonyl (C=O) groups excluding carboxylic acids is 1. The van der Waals surface area contributed by atoms with Crippen molar-refractivity contribution in [3.05, 3.63) is 65.0 Å². The Bertz CT molecular complexity index is 1130. The van der Waals surface area contributed by atoms with Crippen molar-refractivity contribution in [3.8, 4) is 22.6 Å². The van der Waals surface area contributed by atoms with Crippen LogP contribution in [-0.2, 0) is 4.79 Å². The van der Waals surface area contributed by atoms with Crippen LogP contribution >= 0.6 is 34.7 Å². The normalized spacial score (nSPS) is 10.8.